The first-order valence-corrected chi connectivity index (χ1v) is 9.65. The van der Waals surface area contributed by atoms with Crippen LogP contribution < -0.4 is 10.7 Å². The smallest absolute Gasteiger partial charge is 0.255 e. The summed E-state index contributed by atoms with van der Waals surface area (Å²) in [6.45, 7) is 1.74. The molecule has 1 saturated carbocycles. The van der Waals surface area contributed by atoms with Crippen LogP contribution in [0, 0.1) is 6.92 Å². The minimum atomic E-state index is -0.278. The van der Waals surface area contributed by atoms with Crippen molar-refractivity contribution in [2.75, 3.05) is 0 Å². The molecule has 2 N–H and O–H groups in total. The van der Waals surface area contributed by atoms with E-state index in [1.54, 1.807) is 25.1 Å². The number of nitrogens with one attached hydrogen (secondary N) is 1. The Morgan fingerprint density at radius 1 is 1.04 bits per heavy atom. The fourth-order valence-corrected chi connectivity index (χ4v) is 3.84. The largest absolute Gasteiger partial charge is 0.455 e. The van der Waals surface area contributed by atoms with Gasteiger partial charge in [0, 0.05) is 17.2 Å². The molecule has 0 aliphatic heterocycles. The van der Waals surface area contributed by atoms with Crippen LogP contribution in [0.15, 0.2) is 57.7 Å². The van der Waals surface area contributed by atoms with Gasteiger partial charge in [-0.25, -0.2) is 0 Å². The number of fused-ring (bicyclic) bond motifs is 1. The van der Waals surface area contributed by atoms with Gasteiger partial charge in [-0.05, 0) is 44.7 Å². The summed E-state index contributed by atoms with van der Waals surface area (Å²) in [6, 6.07) is 14.5. The maximum atomic E-state index is 12.9. The monoisotopic (exact) mass is 377 g/mol. The molecule has 4 rings (SSSR count). The van der Waals surface area contributed by atoms with E-state index in [-0.39, 0.29) is 23.5 Å². The number of para-hydroxylation sites is 1. The third-order valence-corrected chi connectivity index (χ3v) is 5.46. The number of rotatable bonds is 3. The van der Waals surface area contributed by atoms with E-state index in [4.69, 9.17) is 4.42 Å². The summed E-state index contributed by atoms with van der Waals surface area (Å²) in [7, 11) is 0. The lowest BCUT2D eigenvalue weighted by Crippen LogP contribution is -2.38. The highest BCUT2D eigenvalue weighted by molar-refractivity contribution is 6.05. The molecule has 0 saturated heterocycles. The van der Waals surface area contributed by atoms with Gasteiger partial charge >= 0.3 is 0 Å². The van der Waals surface area contributed by atoms with Crippen molar-refractivity contribution in [3.8, 4) is 11.3 Å². The Labute approximate surface area is 163 Å². The first-order valence-electron chi connectivity index (χ1n) is 9.65. The second kappa shape index (κ2) is 7.60. The number of carbonyl (C=O) groups is 1. The Kier molecular flexibility index (Phi) is 5.01. The topological polar surface area (TPSA) is 79.5 Å². The Morgan fingerprint density at radius 2 is 1.75 bits per heavy atom. The molecular formula is C23H23NO4. The molecule has 1 fully saturated rings. The maximum Gasteiger partial charge on any atom is 0.255 e. The molecular weight excluding hydrogens is 354 g/mol. The number of amides is 1. The molecule has 1 heterocycles. The lowest BCUT2D eigenvalue weighted by molar-refractivity contribution is 0.0868. The highest BCUT2D eigenvalue weighted by Crippen LogP contribution is 2.27. The number of hydrogen-bond donors (Lipinski definition) is 2. The third-order valence-electron chi connectivity index (χ3n) is 5.46. The minimum Gasteiger partial charge on any atom is -0.455 e. The summed E-state index contributed by atoms with van der Waals surface area (Å²) in [5.74, 6) is 0.233. The molecule has 2 aromatic carbocycles. The minimum absolute atomic E-state index is 0.0249. The van der Waals surface area contributed by atoms with Crippen LogP contribution in [0.4, 0.5) is 0 Å². The lowest BCUT2D eigenvalue weighted by atomic mass is 9.93. The second-order valence-corrected chi connectivity index (χ2v) is 7.41. The first-order chi connectivity index (χ1) is 13.5. The van der Waals surface area contributed by atoms with Crippen LogP contribution in [-0.2, 0) is 0 Å². The zero-order chi connectivity index (χ0) is 19.7. The molecule has 1 aromatic heterocycles. The van der Waals surface area contributed by atoms with Gasteiger partial charge in [-0.2, -0.15) is 0 Å². The highest BCUT2D eigenvalue weighted by Gasteiger charge is 2.23. The Morgan fingerprint density at radius 3 is 2.46 bits per heavy atom. The highest BCUT2D eigenvalue weighted by atomic mass is 16.3. The van der Waals surface area contributed by atoms with Crippen molar-refractivity contribution in [2.45, 2.75) is 44.8 Å². The van der Waals surface area contributed by atoms with Crippen molar-refractivity contribution < 1.29 is 14.3 Å². The number of aliphatic hydroxyl groups is 1. The quantitative estimate of drug-likeness (QED) is 0.728. The van der Waals surface area contributed by atoms with Gasteiger partial charge in [0.25, 0.3) is 5.91 Å². The molecule has 0 bridgehead atoms. The summed E-state index contributed by atoms with van der Waals surface area (Å²) < 4.78 is 6.12. The van der Waals surface area contributed by atoms with Gasteiger partial charge in [0.2, 0.25) is 0 Å². The van der Waals surface area contributed by atoms with Crippen LogP contribution in [0.2, 0.25) is 0 Å². The van der Waals surface area contributed by atoms with Crippen LogP contribution in [0.5, 0.6) is 0 Å². The Balaban J connectivity index is 1.76. The van der Waals surface area contributed by atoms with Crippen molar-refractivity contribution in [3.63, 3.8) is 0 Å². The van der Waals surface area contributed by atoms with Crippen molar-refractivity contribution >= 4 is 16.9 Å². The number of benzene rings is 2. The van der Waals surface area contributed by atoms with E-state index in [9.17, 15) is 14.7 Å². The number of hydrogen-bond acceptors (Lipinski definition) is 4. The van der Waals surface area contributed by atoms with Crippen LogP contribution >= 0.6 is 0 Å². The fourth-order valence-electron chi connectivity index (χ4n) is 3.84. The van der Waals surface area contributed by atoms with Crippen LogP contribution in [0.3, 0.4) is 0 Å². The zero-order valence-electron chi connectivity index (χ0n) is 15.8. The summed E-state index contributed by atoms with van der Waals surface area (Å²) >= 11 is 0. The van der Waals surface area contributed by atoms with E-state index in [0.717, 1.165) is 18.4 Å². The average molecular weight is 377 g/mol. The van der Waals surface area contributed by atoms with E-state index in [0.29, 0.717) is 40.7 Å². The summed E-state index contributed by atoms with van der Waals surface area (Å²) in [5.41, 5.74) is 1.87. The average Bonchev–Trinajstić information content (AvgIpc) is 2.72. The van der Waals surface area contributed by atoms with Crippen LogP contribution in [0.1, 0.15) is 41.6 Å². The van der Waals surface area contributed by atoms with Gasteiger partial charge in [-0.1, -0.05) is 36.4 Å². The van der Waals surface area contributed by atoms with Gasteiger partial charge in [-0.3, -0.25) is 9.59 Å². The number of carbonyl (C=O) groups excluding carboxylic acids is 1. The summed E-state index contributed by atoms with van der Waals surface area (Å²) in [4.78, 5) is 25.8. The van der Waals surface area contributed by atoms with E-state index >= 15 is 0 Å². The van der Waals surface area contributed by atoms with Crippen molar-refractivity contribution in [3.05, 3.63) is 69.9 Å². The molecule has 0 radical (unpaired) electrons. The molecule has 1 aliphatic carbocycles. The first kappa shape index (κ1) is 18.4. The van der Waals surface area contributed by atoms with Crippen molar-refractivity contribution in [1.82, 2.24) is 5.32 Å². The van der Waals surface area contributed by atoms with Crippen LogP contribution in [0.25, 0.3) is 22.3 Å². The predicted octanol–water partition coefficient (Wildman–Crippen LogP) is 3.80. The van der Waals surface area contributed by atoms with Crippen LogP contribution in [-0.4, -0.2) is 23.2 Å². The van der Waals surface area contributed by atoms with Gasteiger partial charge in [0.15, 0.2) is 11.0 Å². The normalized spacial score (nSPS) is 19.5. The fraction of sp³-hybridized carbons (Fsp3) is 0.304. The van der Waals surface area contributed by atoms with Crippen molar-refractivity contribution in [2.24, 2.45) is 0 Å². The molecule has 1 amide bonds. The molecule has 0 unspecified atom stereocenters. The molecule has 0 atom stereocenters. The standard InChI is InChI=1S/C23H23NO4/c1-14-20(26)18-8-5-9-19(23(27)24-16-10-12-17(25)13-11-16)22(18)28-21(14)15-6-3-2-4-7-15/h2-9,16-17,25H,10-13H2,1H3,(H,24,27). The SMILES string of the molecule is Cc1c(-c2ccccc2)oc2c(C(=O)NC3CCC(O)CC3)cccc2c1=O. The number of aliphatic hydroxyl groups excluding tert-OH is 1. The third kappa shape index (κ3) is 3.45. The van der Waals surface area contributed by atoms with E-state index in [1.165, 1.54) is 0 Å². The van der Waals surface area contributed by atoms with Gasteiger partial charge in [-0.15, -0.1) is 0 Å². The molecule has 144 valence electrons. The van der Waals surface area contributed by atoms with Gasteiger partial charge < -0.3 is 14.8 Å². The molecule has 5 nitrogen and oxygen atoms in total. The van der Waals surface area contributed by atoms with Gasteiger partial charge in [0.1, 0.15) is 5.76 Å². The van der Waals surface area contributed by atoms with E-state index < -0.39 is 0 Å². The summed E-state index contributed by atoms with van der Waals surface area (Å²) in [6.07, 6.45) is 2.59. The summed E-state index contributed by atoms with van der Waals surface area (Å²) in [5, 5.41) is 13.1. The van der Waals surface area contributed by atoms with Crippen molar-refractivity contribution in [1.29, 1.82) is 0 Å². The lowest BCUT2D eigenvalue weighted by Gasteiger charge is -2.26. The molecule has 28 heavy (non-hydrogen) atoms. The zero-order valence-corrected chi connectivity index (χ0v) is 15.8. The molecule has 1 aliphatic rings. The second-order valence-electron chi connectivity index (χ2n) is 7.41. The molecule has 5 heteroatoms. The Hall–Kier alpha value is -2.92. The molecule has 0 spiro atoms. The molecule has 3 aromatic rings. The van der Waals surface area contributed by atoms with E-state index in [2.05, 4.69) is 5.32 Å². The predicted molar refractivity (Wildman–Crippen MR) is 108 cm³/mol. The van der Waals surface area contributed by atoms with E-state index in [1.807, 2.05) is 30.3 Å². The Bertz CT molecular complexity index is 1060. The maximum absolute atomic E-state index is 12.9. The van der Waals surface area contributed by atoms with Gasteiger partial charge in [0.05, 0.1) is 17.1 Å².